The van der Waals surface area contributed by atoms with Crippen molar-refractivity contribution in [1.29, 1.82) is 0 Å². The summed E-state index contributed by atoms with van der Waals surface area (Å²) in [6, 6.07) is 4.82. The number of anilines is 1. The van der Waals surface area contributed by atoms with Gasteiger partial charge in [0.15, 0.2) is 5.03 Å². The summed E-state index contributed by atoms with van der Waals surface area (Å²) in [5.41, 5.74) is 10.1. The first-order valence-electron chi connectivity index (χ1n) is 5.56. The monoisotopic (exact) mass is 309 g/mol. The molecule has 2 rings (SSSR count). The van der Waals surface area contributed by atoms with Crippen molar-refractivity contribution in [3.63, 3.8) is 0 Å². The van der Waals surface area contributed by atoms with Gasteiger partial charge in [0.1, 0.15) is 0 Å². The Kier molecular flexibility index (Phi) is 3.63. The largest absolute Gasteiger partial charge is 0.366 e. The normalized spacial score (nSPS) is 11.0. The molecule has 9 nitrogen and oxygen atoms in total. The predicted octanol–water partition coefficient (Wildman–Crippen LogP) is -0.592. The Labute approximate surface area is 119 Å². The average molecular weight is 309 g/mol. The number of benzene rings is 1. The quantitative estimate of drug-likeness (QED) is 0.579. The third kappa shape index (κ3) is 3.17. The van der Waals surface area contributed by atoms with E-state index in [0.29, 0.717) is 0 Å². The third-order valence-electron chi connectivity index (χ3n) is 2.52. The minimum Gasteiger partial charge on any atom is -0.366 e. The number of nitrogens with two attached hydrogens (primary N) is 2. The molecule has 0 spiro atoms. The van der Waals surface area contributed by atoms with Crippen LogP contribution in [-0.2, 0) is 10.0 Å². The first-order valence-corrected chi connectivity index (χ1v) is 7.05. The molecule has 2 aromatic rings. The fourth-order valence-electron chi connectivity index (χ4n) is 1.57. The maximum absolute atomic E-state index is 12.0. The molecule has 1 aromatic heterocycles. The smallest absolute Gasteiger partial charge is 0.278 e. The van der Waals surface area contributed by atoms with Gasteiger partial charge in [0.05, 0.1) is 11.9 Å². The van der Waals surface area contributed by atoms with E-state index in [1.807, 2.05) is 0 Å². The molecule has 1 heterocycles. The van der Waals surface area contributed by atoms with Crippen molar-refractivity contribution in [2.24, 2.45) is 11.5 Å². The number of sulfonamides is 1. The number of aromatic nitrogens is 2. The fourth-order valence-corrected chi connectivity index (χ4v) is 2.52. The molecule has 0 atom stereocenters. The molecular formula is C11H11N5O4S. The lowest BCUT2D eigenvalue weighted by Crippen LogP contribution is -2.18. The van der Waals surface area contributed by atoms with E-state index < -0.39 is 21.8 Å². The van der Waals surface area contributed by atoms with Crippen LogP contribution in [0.15, 0.2) is 35.5 Å². The zero-order valence-electron chi connectivity index (χ0n) is 10.5. The lowest BCUT2D eigenvalue weighted by atomic mass is 10.1. The average Bonchev–Trinajstić information content (AvgIpc) is 2.92. The van der Waals surface area contributed by atoms with E-state index in [1.54, 1.807) is 0 Å². The standard InChI is InChI=1S/C11H11N5O4S/c12-10(17)6-3-7(11(13)18)5-8(4-6)16-21(19,20)9-1-2-14-15-9/h1-5,16H,(H2,12,17)(H2,13,18)(H,14,15). The molecule has 110 valence electrons. The molecule has 2 amide bonds. The number of H-pyrrole nitrogens is 1. The van der Waals surface area contributed by atoms with E-state index in [9.17, 15) is 18.0 Å². The number of rotatable bonds is 5. The number of primary amides is 2. The number of aromatic amines is 1. The Hall–Kier alpha value is -2.88. The van der Waals surface area contributed by atoms with Crippen molar-refractivity contribution in [3.05, 3.63) is 41.6 Å². The zero-order chi connectivity index (χ0) is 15.6. The van der Waals surface area contributed by atoms with Gasteiger partial charge in [-0.25, -0.2) is 0 Å². The molecule has 0 saturated heterocycles. The Bertz CT molecular complexity index is 766. The van der Waals surface area contributed by atoms with Gasteiger partial charge in [-0.15, -0.1) is 0 Å². The first-order chi connectivity index (χ1) is 9.79. The van der Waals surface area contributed by atoms with Gasteiger partial charge in [-0.05, 0) is 24.3 Å². The van der Waals surface area contributed by atoms with Crippen LogP contribution in [0.5, 0.6) is 0 Å². The molecule has 0 unspecified atom stereocenters. The van der Waals surface area contributed by atoms with E-state index in [0.717, 1.165) is 0 Å². The van der Waals surface area contributed by atoms with Crippen molar-refractivity contribution >= 4 is 27.5 Å². The van der Waals surface area contributed by atoms with Crippen molar-refractivity contribution in [1.82, 2.24) is 10.2 Å². The molecule has 0 radical (unpaired) electrons. The minimum atomic E-state index is -3.93. The highest BCUT2D eigenvalue weighted by atomic mass is 32.2. The maximum Gasteiger partial charge on any atom is 0.278 e. The number of nitrogens with one attached hydrogen (secondary N) is 2. The van der Waals surface area contributed by atoms with Crippen LogP contribution in [0.2, 0.25) is 0 Å². The molecule has 21 heavy (non-hydrogen) atoms. The lowest BCUT2D eigenvalue weighted by Gasteiger charge is -2.09. The molecule has 0 saturated carbocycles. The SMILES string of the molecule is NC(=O)c1cc(NS(=O)(=O)c2ccn[nH]2)cc(C(N)=O)c1. The zero-order valence-corrected chi connectivity index (χ0v) is 11.3. The first kappa shape index (κ1) is 14.5. The summed E-state index contributed by atoms with van der Waals surface area (Å²) >= 11 is 0. The number of carbonyl (C=O) groups excluding carboxylic acids is 2. The Morgan fingerprint density at radius 1 is 1.10 bits per heavy atom. The molecule has 0 aliphatic carbocycles. The summed E-state index contributed by atoms with van der Waals surface area (Å²) in [4.78, 5) is 22.4. The molecule has 0 fully saturated rings. The maximum atomic E-state index is 12.0. The summed E-state index contributed by atoms with van der Waals surface area (Å²) < 4.78 is 26.2. The van der Waals surface area contributed by atoms with Crippen LogP contribution in [0.1, 0.15) is 20.7 Å². The Balaban J connectivity index is 2.45. The van der Waals surface area contributed by atoms with Crippen molar-refractivity contribution < 1.29 is 18.0 Å². The van der Waals surface area contributed by atoms with Crippen molar-refractivity contribution in [2.45, 2.75) is 5.03 Å². The third-order valence-corrected chi connectivity index (χ3v) is 3.83. The van der Waals surface area contributed by atoms with Gasteiger partial charge < -0.3 is 11.5 Å². The van der Waals surface area contributed by atoms with Crippen molar-refractivity contribution in [2.75, 3.05) is 4.72 Å². The molecule has 0 bridgehead atoms. The van der Waals surface area contributed by atoms with Crippen LogP contribution >= 0.6 is 0 Å². The highest BCUT2D eigenvalue weighted by Crippen LogP contribution is 2.18. The molecular weight excluding hydrogens is 298 g/mol. The summed E-state index contributed by atoms with van der Waals surface area (Å²) in [5, 5.41) is 5.64. The predicted molar refractivity (Wildman–Crippen MR) is 72.9 cm³/mol. The van der Waals surface area contributed by atoms with E-state index >= 15 is 0 Å². The second kappa shape index (κ2) is 5.25. The highest BCUT2D eigenvalue weighted by molar-refractivity contribution is 7.92. The van der Waals surface area contributed by atoms with Gasteiger partial charge in [-0.1, -0.05) is 0 Å². The number of carbonyl (C=O) groups is 2. The van der Waals surface area contributed by atoms with Gasteiger partial charge in [0, 0.05) is 11.1 Å². The van der Waals surface area contributed by atoms with Crippen LogP contribution in [0, 0.1) is 0 Å². The number of hydrogen-bond donors (Lipinski definition) is 4. The van der Waals surface area contributed by atoms with Crippen LogP contribution in [0.25, 0.3) is 0 Å². The molecule has 10 heteroatoms. The van der Waals surface area contributed by atoms with E-state index in [2.05, 4.69) is 14.9 Å². The minimum absolute atomic E-state index is 0.0188. The number of hydrogen-bond acceptors (Lipinski definition) is 5. The fraction of sp³-hybridized carbons (Fsp3) is 0. The number of amides is 2. The van der Waals surface area contributed by atoms with Crippen LogP contribution in [-0.4, -0.2) is 30.4 Å². The molecule has 0 aliphatic rings. The molecule has 0 aliphatic heterocycles. The Morgan fingerprint density at radius 3 is 2.10 bits per heavy atom. The second-order valence-corrected chi connectivity index (χ2v) is 5.70. The topological polar surface area (TPSA) is 161 Å². The van der Waals surface area contributed by atoms with Gasteiger partial charge in [-0.3, -0.25) is 19.4 Å². The highest BCUT2D eigenvalue weighted by Gasteiger charge is 2.17. The van der Waals surface area contributed by atoms with Crippen LogP contribution < -0.4 is 16.2 Å². The van der Waals surface area contributed by atoms with Gasteiger partial charge >= 0.3 is 0 Å². The lowest BCUT2D eigenvalue weighted by molar-refractivity contribution is 0.0999. The van der Waals surface area contributed by atoms with Crippen LogP contribution in [0.3, 0.4) is 0 Å². The number of nitrogens with zero attached hydrogens (tertiary/aromatic N) is 1. The van der Waals surface area contributed by atoms with Gasteiger partial charge in [-0.2, -0.15) is 13.5 Å². The van der Waals surface area contributed by atoms with Crippen LogP contribution in [0.4, 0.5) is 5.69 Å². The molecule has 6 N–H and O–H groups in total. The summed E-state index contributed by atoms with van der Waals surface area (Å²) in [5.74, 6) is -1.64. The van der Waals surface area contributed by atoms with E-state index in [1.165, 1.54) is 30.5 Å². The van der Waals surface area contributed by atoms with E-state index in [4.69, 9.17) is 11.5 Å². The molecule has 1 aromatic carbocycles. The van der Waals surface area contributed by atoms with E-state index in [-0.39, 0.29) is 21.8 Å². The summed E-state index contributed by atoms with van der Waals surface area (Å²) in [6.07, 6.45) is 1.27. The summed E-state index contributed by atoms with van der Waals surface area (Å²) in [6.45, 7) is 0. The second-order valence-electron chi connectivity index (χ2n) is 4.05. The van der Waals surface area contributed by atoms with Crippen molar-refractivity contribution in [3.8, 4) is 0 Å². The van der Waals surface area contributed by atoms with Gasteiger partial charge in [0.2, 0.25) is 11.8 Å². The summed E-state index contributed by atoms with van der Waals surface area (Å²) in [7, 11) is -3.93. The van der Waals surface area contributed by atoms with Gasteiger partial charge in [0.25, 0.3) is 10.0 Å². The Morgan fingerprint density at radius 2 is 1.67 bits per heavy atom.